The van der Waals surface area contributed by atoms with Crippen LogP contribution in [-0.2, 0) is 10.1 Å². The third-order valence-electron chi connectivity index (χ3n) is 4.48. The lowest BCUT2D eigenvalue weighted by Crippen LogP contribution is -2.44. The summed E-state index contributed by atoms with van der Waals surface area (Å²) in [5.41, 5.74) is 2.38. The second-order valence-electron chi connectivity index (χ2n) is 6.08. The third kappa shape index (κ3) is 2.18. The maximum atomic E-state index is 13.1. The molecule has 26 heavy (non-hydrogen) atoms. The molecule has 0 bridgehead atoms. The summed E-state index contributed by atoms with van der Waals surface area (Å²) in [6.45, 7) is 0. The number of amides is 1. The second-order valence-corrected chi connectivity index (χ2v) is 7.63. The fraction of sp³-hybridized carbons (Fsp3) is 0.0500. The Morgan fingerprint density at radius 3 is 2.38 bits per heavy atom. The van der Waals surface area contributed by atoms with Crippen molar-refractivity contribution in [2.24, 2.45) is 0 Å². The quantitative estimate of drug-likeness (QED) is 0.650. The highest BCUT2D eigenvalue weighted by atomic mass is 31.2. The summed E-state index contributed by atoms with van der Waals surface area (Å²) in [5.74, 6) is 1.17. The molecule has 0 aromatic heterocycles. The lowest BCUT2D eigenvalue weighted by Gasteiger charge is -2.39. The van der Waals surface area contributed by atoms with Gasteiger partial charge in [0.1, 0.15) is 5.75 Å². The van der Waals surface area contributed by atoms with Crippen LogP contribution in [0, 0.1) is 0 Å². The lowest BCUT2D eigenvalue weighted by molar-refractivity contribution is -0.117. The van der Waals surface area contributed by atoms with Crippen molar-refractivity contribution in [1.82, 2.24) is 0 Å². The molecule has 0 saturated carbocycles. The van der Waals surface area contributed by atoms with E-state index in [4.69, 9.17) is 9.05 Å². The first-order chi connectivity index (χ1) is 12.8. The summed E-state index contributed by atoms with van der Waals surface area (Å²) < 4.78 is 12.4. The van der Waals surface area contributed by atoms with E-state index in [-0.39, 0.29) is 5.91 Å². The van der Waals surface area contributed by atoms with Gasteiger partial charge in [0.05, 0.1) is 5.69 Å². The molecular weight excluding hydrogens is 347 g/mol. The van der Waals surface area contributed by atoms with Crippen molar-refractivity contribution in [3.63, 3.8) is 0 Å². The van der Waals surface area contributed by atoms with Gasteiger partial charge in [0, 0.05) is 11.3 Å². The van der Waals surface area contributed by atoms with E-state index >= 15 is 0 Å². The van der Waals surface area contributed by atoms with Crippen molar-refractivity contribution < 1.29 is 13.8 Å². The molecule has 1 spiro atoms. The van der Waals surface area contributed by atoms with Crippen LogP contribution in [0.15, 0.2) is 78.9 Å². The van der Waals surface area contributed by atoms with E-state index < -0.39 is 13.7 Å². The van der Waals surface area contributed by atoms with Crippen LogP contribution in [0.5, 0.6) is 11.5 Å². The van der Waals surface area contributed by atoms with Crippen molar-refractivity contribution >= 4 is 25.7 Å². The minimum Gasteiger partial charge on any atom is -0.436 e. The minimum atomic E-state index is -1.67. The Bertz CT molecular complexity index is 995. The van der Waals surface area contributed by atoms with Crippen molar-refractivity contribution in [2.45, 2.75) is 5.28 Å². The van der Waals surface area contributed by atoms with Crippen LogP contribution < -0.4 is 19.7 Å². The highest BCUT2D eigenvalue weighted by molar-refractivity contribution is 7.51. The number of rotatable bonds is 2. The molecule has 2 aliphatic heterocycles. The summed E-state index contributed by atoms with van der Waals surface area (Å²) in [6, 6.07) is 24.6. The summed E-state index contributed by atoms with van der Waals surface area (Å²) >= 11 is 0. The van der Waals surface area contributed by atoms with Crippen LogP contribution in [0.25, 0.3) is 0 Å². The zero-order valence-corrected chi connectivity index (χ0v) is 14.6. The summed E-state index contributed by atoms with van der Waals surface area (Å²) in [4.78, 5) is 13.1. The molecule has 3 aromatic rings. The Balaban J connectivity index is 1.67. The van der Waals surface area contributed by atoms with E-state index in [1.165, 1.54) is 0 Å². The van der Waals surface area contributed by atoms with Gasteiger partial charge >= 0.3 is 8.38 Å². The summed E-state index contributed by atoms with van der Waals surface area (Å²) in [5, 5.41) is 5.27. The number of carbonyl (C=O) groups excluding carboxylic acids is 1. The Kier molecular flexibility index (Phi) is 3.37. The molecule has 5 nitrogen and oxygen atoms in total. The number of anilines is 2. The third-order valence-corrected chi connectivity index (χ3v) is 6.33. The van der Waals surface area contributed by atoms with Crippen LogP contribution in [0.2, 0.25) is 0 Å². The van der Waals surface area contributed by atoms with Gasteiger partial charge in [-0.05, 0) is 30.3 Å². The van der Waals surface area contributed by atoms with Crippen LogP contribution in [-0.4, -0.2) is 5.91 Å². The maximum Gasteiger partial charge on any atom is 0.333 e. The minimum absolute atomic E-state index is 0.171. The first-order valence-electron chi connectivity index (χ1n) is 8.27. The molecule has 6 heteroatoms. The molecule has 2 heterocycles. The van der Waals surface area contributed by atoms with E-state index in [1.807, 2.05) is 78.9 Å². The predicted molar refractivity (Wildman–Crippen MR) is 101 cm³/mol. The van der Waals surface area contributed by atoms with E-state index in [1.54, 1.807) is 0 Å². The molecule has 5 rings (SSSR count). The molecule has 0 aliphatic carbocycles. The Labute approximate surface area is 151 Å². The topological polar surface area (TPSA) is 59.6 Å². The fourth-order valence-electron chi connectivity index (χ4n) is 3.26. The molecule has 2 N–H and O–H groups in total. The van der Waals surface area contributed by atoms with Crippen LogP contribution in [0.3, 0.4) is 0 Å². The van der Waals surface area contributed by atoms with Crippen LogP contribution in [0.1, 0.15) is 5.56 Å². The lowest BCUT2D eigenvalue weighted by atomic mass is 10.1. The number of carbonyl (C=O) groups is 1. The number of hydrogen-bond acceptors (Lipinski definition) is 4. The monoisotopic (exact) mass is 362 g/mol. The van der Waals surface area contributed by atoms with Gasteiger partial charge in [0.25, 0.3) is 5.91 Å². The Morgan fingerprint density at radius 1 is 0.846 bits per heavy atom. The zero-order valence-electron chi connectivity index (χ0n) is 13.7. The summed E-state index contributed by atoms with van der Waals surface area (Å²) in [6.07, 6.45) is 0. The Hall–Kier alpha value is -3.04. The molecule has 2 aliphatic rings. The highest BCUT2D eigenvalue weighted by Crippen LogP contribution is 2.64. The maximum absolute atomic E-state index is 13.1. The van der Waals surface area contributed by atoms with Crippen LogP contribution >= 0.6 is 8.38 Å². The van der Waals surface area contributed by atoms with Gasteiger partial charge in [-0.1, -0.05) is 48.5 Å². The molecule has 2 atom stereocenters. The van der Waals surface area contributed by atoms with Gasteiger partial charge in [0.15, 0.2) is 5.75 Å². The van der Waals surface area contributed by atoms with Gasteiger partial charge in [-0.3, -0.25) is 4.79 Å². The van der Waals surface area contributed by atoms with Crippen LogP contribution in [0.4, 0.5) is 11.4 Å². The molecule has 1 amide bonds. The van der Waals surface area contributed by atoms with Crippen molar-refractivity contribution in [3.05, 3.63) is 84.4 Å². The molecule has 0 fully saturated rings. The normalized spacial score (nSPS) is 22.6. The highest BCUT2D eigenvalue weighted by Gasteiger charge is 2.60. The molecule has 0 radical (unpaired) electrons. The smallest absolute Gasteiger partial charge is 0.333 e. The summed E-state index contributed by atoms with van der Waals surface area (Å²) in [7, 11) is -1.67. The fourth-order valence-corrected chi connectivity index (χ4v) is 5.05. The first kappa shape index (κ1) is 15.2. The first-order valence-corrected chi connectivity index (χ1v) is 9.44. The average molecular weight is 362 g/mol. The van der Waals surface area contributed by atoms with E-state index in [2.05, 4.69) is 10.6 Å². The van der Waals surface area contributed by atoms with Crippen molar-refractivity contribution in [1.29, 1.82) is 0 Å². The number of fused-ring (bicyclic) bond motifs is 3. The van der Waals surface area contributed by atoms with Gasteiger partial charge in [-0.15, -0.1) is 0 Å². The molecule has 128 valence electrons. The van der Waals surface area contributed by atoms with Gasteiger partial charge < -0.3 is 19.7 Å². The molecule has 0 saturated heterocycles. The van der Waals surface area contributed by atoms with E-state index in [0.717, 1.165) is 16.9 Å². The SMILES string of the molecule is O=C1Nc2ccccc2C12Nc1ccccc1OP2Oc1ccccc1. The van der Waals surface area contributed by atoms with Gasteiger partial charge in [-0.25, -0.2) is 0 Å². The van der Waals surface area contributed by atoms with Gasteiger partial charge in [0.2, 0.25) is 5.28 Å². The zero-order chi connectivity index (χ0) is 17.6. The second kappa shape index (κ2) is 5.75. The van der Waals surface area contributed by atoms with Crippen molar-refractivity contribution in [2.75, 3.05) is 10.6 Å². The average Bonchev–Trinajstić information content (AvgIpc) is 2.96. The van der Waals surface area contributed by atoms with E-state index in [0.29, 0.717) is 11.5 Å². The number of hydrogen-bond donors (Lipinski definition) is 2. The Morgan fingerprint density at radius 2 is 1.54 bits per heavy atom. The van der Waals surface area contributed by atoms with E-state index in [9.17, 15) is 4.79 Å². The number of benzene rings is 3. The van der Waals surface area contributed by atoms with Crippen molar-refractivity contribution in [3.8, 4) is 11.5 Å². The predicted octanol–water partition coefficient (Wildman–Crippen LogP) is 4.69. The number of nitrogens with one attached hydrogen (secondary N) is 2. The number of para-hydroxylation sites is 4. The molecule has 3 aromatic carbocycles. The molecular formula is C20H15N2O3P. The largest absolute Gasteiger partial charge is 0.436 e. The molecule has 2 unspecified atom stereocenters. The van der Waals surface area contributed by atoms with Gasteiger partial charge in [-0.2, -0.15) is 0 Å². The standard InChI is InChI=1S/C20H15N2O3P/c23-19-20(15-10-4-5-11-16(15)21-19)22-17-12-6-7-13-18(17)25-26(20)24-14-8-2-1-3-9-14/h1-13,22H,(H,21,23).